The molecular weight excluding hydrogens is 212 g/mol. The molecular formula is C11H20O3S. The number of rotatable bonds is 5. The summed E-state index contributed by atoms with van der Waals surface area (Å²) in [6.45, 7) is 7.88. The van der Waals surface area contributed by atoms with Gasteiger partial charge in [-0.3, -0.25) is 4.18 Å². The van der Waals surface area contributed by atoms with Crippen LogP contribution in [0.4, 0.5) is 0 Å². The van der Waals surface area contributed by atoms with Crippen molar-refractivity contribution in [3.63, 3.8) is 0 Å². The van der Waals surface area contributed by atoms with E-state index in [4.69, 9.17) is 4.18 Å². The van der Waals surface area contributed by atoms with Gasteiger partial charge in [0, 0.05) is 0 Å². The topological polar surface area (TPSA) is 43.4 Å². The van der Waals surface area contributed by atoms with E-state index in [1.807, 2.05) is 6.92 Å². The third-order valence-electron chi connectivity index (χ3n) is 2.94. The van der Waals surface area contributed by atoms with E-state index in [2.05, 4.69) is 13.8 Å². The van der Waals surface area contributed by atoms with Crippen LogP contribution in [-0.4, -0.2) is 14.5 Å². The van der Waals surface area contributed by atoms with Gasteiger partial charge in [-0.15, -0.1) is 0 Å². The molecule has 15 heavy (non-hydrogen) atoms. The summed E-state index contributed by atoms with van der Waals surface area (Å²) in [4.78, 5) is 0. The summed E-state index contributed by atoms with van der Waals surface area (Å²) in [5.41, 5.74) is 0.377. The summed E-state index contributed by atoms with van der Waals surface area (Å²) in [6, 6.07) is 0. The Kier molecular flexibility index (Phi) is 3.61. The highest BCUT2D eigenvalue weighted by Gasteiger charge is 2.46. The number of hydrogen-bond acceptors (Lipinski definition) is 3. The van der Waals surface area contributed by atoms with Gasteiger partial charge in [0.25, 0.3) is 10.1 Å². The van der Waals surface area contributed by atoms with Crippen molar-refractivity contribution < 1.29 is 12.6 Å². The molecule has 4 heteroatoms. The molecule has 2 unspecified atom stereocenters. The van der Waals surface area contributed by atoms with Crippen molar-refractivity contribution in [3.05, 3.63) is 11.5 Å². The van der Waals surface area contributed by atoms with Crippen LogP contribution in [0, 0.1) is 11.3 Å². The predicted octanol–water partition coefficient (Wildman–Crippen LogP) is 2.69. The van der Waals surface area contributed by atoms with Gasteiger partial charge in [0.15, 0.2) is 0 Å². The molecule has 0 radical (unpaired) electrons. The lowest BCUT2D eigenvalue weighted by atomic mass is 10.1. The molecule has 1 saturated carbocycles. The van der Waals surface area contributed by atoms with Crippen LogP contribution in [0.3, 0.4) is 0 Å². The third kappa shape index (κ3) is 3.95. The first-order chi connectivity index (χ1) is 6.77. The first-order valence-corrected chi connectivity index (χ1v) is 6.80. The second-order valence-corrected chi connectivity index (χ2v) is 6.44. The zero-order valence-corrected chi connectivity index (χ0v) is 10.7. The average Bonchev–Trinajstić information content (AvgIpc) is 2.55. The first kappa shape index (κ1) is 12.7. The Balaban J connectivity index is 2.40. The summed E-state index contributed by atoms with van der Waals surface area (Å²) in [7, 11) is -3.47. The monoisotopic (exact) mass is 232 g/mol. The molecule has 0 aromatic heterocycles. The van der Waals surface area contributed by atoms with Gasteiger partial charge in [-0.1, -0.05) is 19.9 Å². The summed E-state index contributed by atoms with van der Waals surface area (Å²) in [6.07, 6.45) is 3.25. The minimum atomic E-state index is -3.47. The SMILES string of the molecule is CC=CS(=O)(=O)OC(C)CC1CC1(C)C. The quantitative estimate of drug-likeness (QED) is 0.684. The van der Waals surface area contributed by atoms with E-state index in [-0.39, 0.29) is 6.10 Å². The molecule has 1 rings (SSSR count). The molecule has 3 nitrogen and oxygen atoms in total. The van der Waals surface area contributed by atoms with Crippen molar-refractivity contribution in [2.45, 2.75) is 46.6 Å². The third-order valence-corrected chi connectivity index (χ3v) is 4.14. The van der Waals surface area contributed by atoms with Gasteiger partial charge < -0.3 is 0 Å². The molecule has 0 aliphatic heterocycles. The molecule has 0 spiro atoms. The Labute approximate surface area is 92.6 Å². The zero-order valence-electron chi connectivity index (χ0n) is 9.86. The smallest absolute Gasteiger partial charge is 0.264 e. The molecule has 0 heterocycles. The van der Waals surface area contributed by atoms with Gasteiger partial charge in [-0.05, 0) is 38.0 Å². The molecule has 0 saturated heterocycles. The molecule has 1 fully saturated rings. The molecule has 88 valence electrons. The van der Waals surface area contributed by atoms with Crippen LogP contribution in [0.25, 0.3) is 0 Å². The van der Waals surface area contributed by atoms with Gasteiger partial charge in [-0.25, -0.2) is 0 Å². The molecule has 1 aliphatic rings. The molecule has 2 atom stereocenters. The zero-order chi connectivity index (χ0) is 11.7. The Morgan fingerprint density at radius 2 is 2.07 bits per heavy atom. The molecule has 0 amide bonds. The summed E-state index contributed by atoms with van der Waals surface area (Å²) >= 11 is 0. The van der Waals surface area contributed by atoms with E-state index in [0.29, 0.717) is 11.3 Å². The Morgan fingerprint density at radius 3 is 2.47 bits per heavy atom. The van der Waals surface area contributed by atoms with Crippen LogP contribution in [0.2, 0.25) is 0 Å². The van der Waals surface area contributed by atoms with Gasteiger partial charge in [-0.2, -0.15) is 8.42 Å². The Morgan fingerprint density at radius 1 is 1.53 bits per heavy atom. The van der Waals surface area contributed by atoms with E-state index in [1.165, 1.54) is 12.5 Å². The minimum absolute atomic E-state index is 0.224. The maximum absolute atomic E-state index is 11.3. The van der Waals surface area contributed by atoms with Crippen molar-refractivity contribution in [2.75, 3.05) is 0 Å². The molecule has 0 N–H and O–H groups in total. The highest BCUT2D eigenvalue weighted by atomic mass is 32.2. The van der Waals surface area contributed by atoms with Crippen LogP contribution in [-0.2, 0) is 14.3 Å². The fraction of sp³-hybridized carbons (Fsp3) is 0.818. The van der Waals surface area contributed by atoms with Crippen LogP contribution in [0.1, 0.15) is 40.5 Å². The highest BCUT2D eigenvalue weighted by molar-refractivity contribution is 7.89. The number of hydrogen-bond donors (Lipinski definition) is 0. The summed E-state index contributed by atoms with van der Waals surface area (Å²) in [5.74, 6) is 0.605. The van der Waals surface area contributed by atoms with Crippen molar-refractivity contribution in [2.24, 2.45) is 11.3 Å². The molecule has 0 bridgehead atoms. The number of allylic oxidation sites excluding steroid dienone is 1. The van der Waals surface area contributed by atoms with Crippen molar-refractivity contribution in [3.8, 4) is 0 Å². The molecule has 1 aliphatic carbocycles. The Hall–Kier alpha value is -0.350. The van der Waals surface area contributed by atoms with Gasteiger partial charge in [0.05, 0.1) is 11.5 Å². The highest BCUT2D eigenvalue weighted by Crippen LogP contribution is 2.54. The molecule has 0 aromatic carbocycles. The predicted molar refractivity (Wildman–Crippen MR) is 60.8 cm³/mol. The van der Waals surface area contributed by atoms with Crippen molar-refractivity contribution in [1.29, 1.82) is 0 Å². The summed E-state index contributed by atoms with van der Waals surface area (Å²) < 4.78 is 27.6. The lowest BCUT2D eigenvalue weighted by Gasteiger charge is -2.11. The largest absolute Gasteiger partial charge is 0.289 e. The standard InChI is InChI=1S/C11H20O3S/c1-5-6-15(12,13)14-9(2)7-10-8-11(10,3)4/h5-6,9-10H,7-8H2,1-4H3. The van der Waals surface area contributed by atoms with Crippen molar-refractivity contribution in [1.82, 2.24) is 0 Å². The van der Waals surface area contributed by atoms with Crippen LogP contribution in [0.15, 0.2) is 11.5 Å². The fourth-order valence-corrected chi connectivity index (χ4v) is 2.78. The Bertz CT molecular complexity index is 341. The maximum Gasteiger partial charge on any atom is 0.289 e. The molecule has 0 aromatic rings. The van der Waals surface area contributed by atoms with E-state index < -0.39 is 10.1 Å². The van der Waals surface area contributed by atoms with E-state index in [1.54, 1.807) is 6.92 Å². The fourth-order valence-electron chi connectivity index (χ4n) is 1.85. The van der Waals surface area contributed by atoms with E-state index >= 15 is 0 Å². The van der Waals surface area contributed by atoms with Gasteiger partial charge >= 0.3 is 0 Å². The maximum atomic E-state index is 11.3. The lowest BCUT2D eigenvalue weighted by Crippen LogP contribution is -2.15. The average molecular weight is 232 g/mol. The van der Waals surface area contributed by atoms with Crippen molar-refractivity contribution >= 4 is 10.1 Å². The normalized spacial score (nSPS) is 26.8. The van der Waals surface area contributed by atoms with Gasteiger partial charge in [0.1, 0.15) is 0 Å². The van der Waals surface area contributed by atoms with Crippen LogP contribution < -0.4 is 0 Å². The summed E-state index contributed by atoms with van der Waals surface area (Å²) in [5, 5.41) is 1.10. The van der Waals surface area contributed by atoms with E-state index in [9.17, 15) is 8.42 Å². The minimum Gasteiger partial charge on any atom is -0.264 e. The van der Waals surface area contributed by atoms with Crippen LogP contribution >= 0.6 is 0 Å². The van der Waals surface area contributed by atoms with Crippen LogP contribution in [0.5, 0.6) is 0 Å². The lowest BCUT2D eigenvalue weighted by molar-refractivity contribution is 0.208. The first-order valence-electron chi connectivity index (χ1n) is 5.33. The van der Waals surface area contributed by atoms with E-state index in [0.717, 1.165) is 11.8 Å². The second-order valence-electron chi connectivity index (χ2n) is 4.99. The second kappa shape index (κ2) is 4.26. The van der Waals surface area contributed by atoms with Gasteiger partial charge in [0.2, 0.25) is 0 Å².